The first-order valence-corrected chi connectivity index (χ1v) is 45.2. The summed E-state index contributed by atoms with van der Waals surface area (Å²) in [4.78, 5) is 35.5. The lowest BCUT2D eigenvalue weighted by Gasteiger charge is -2.19. The van der Waals surface area contributed by atoms with Crippen LogP contribution in [0.25, 0.3) is 0 Å². The fourth-order valence-corrected chi connectivity index (χ4v) is 13.8. The van der Waals surface area contributed by atoms with E-state index in [0.29, 0.717) is 6.42 Å². The topological polar surface area (TPSA) is 134 Å². The molecule has 0 amide bonds. The van der Waals surface area contributed by atoms with Gasteiger partial charge in [-0.25, -0.2) is 4.57 Å². The summed E-state index contributed by atoms with van der Waals surface area (Å²) < 4.78 is 33.3. The fraction of sp³-hybridized carbons (Fsp3) is 0.802. The van der Waals surface area contributed by atoms with E-state index in [1.165, 1.54) is 315 Å². The van der Waals surface area contributed by atoms with Crippen LogP contribution in [0, 0.1) is 0 Å². The zero-order valence-electron chi connectivity index (χ0n) is 66.6. The predicted octanol–water partition coefficient (Wildman–Crippen LogP) is 29.8. The molecule has 0 saturated carbocycles. The Hall–Kier alpha value is -3.07. The molecule has 0 heterocycles. The average molecular weight is 1430 g/mol. The maximum absolute atomic E-state index is 12.8. The highest BCUT2D eigenvalue weighted by Gasteiger charge is 2.26. The number of ether oxygens (including phenoxy) is 2. The van der Waals surface area contributed by atoms with E-state index in [1.54, 1.807) is 0 Å². The molecule has 0 bridgehead atoms. The second-order valence-electron chi connectivity index (χ2n) is 29.4. The molecule has 0 fully saturated rings. The first-order chi connectivity index (χ1) is 49.8. The summed E-state index contributed by atoms with van der Waals surface area (Å²) in [5, 5.41) is 0. The SMILES string of the molecule is CC/C=C\C/C=C\C/C=C\C/C=C\C/C=C\C/C=C\C/C=C\C/C=C\CCCCCCCCCCCCCCCCC(=O)OC(COC(=O)CCCCCCCCCCCCCCCCCCCCCCCCCCCCCCCCCCCCCCCCCCC)COP(=O)(O)OCCN. The molecule has 3 N–H and O–H groups in total. The van der Waals surface area contributed by atoms with Gasteiger partial charge in [0.1, 0.15) is 6.61 Å². The van der Waals surface area contributed by atoms with Crippen molar-refractivity contribution in [3.05, 3.63) is 97.2 Å². The summed E-state index contributed by atoms with van der Waals surface area (Å²) in [6.07, 6.45) is 119. The quantitative estimate of drug-likeness (QED) is 0.0264. The summed E-state index contributed by atoms with van der Waals surface area (Å²) in [7, 11) is -4.40. The number of rotatable bonds is 83. The number of hydrogen-bond acceptors (Lipinski definition) is 8. The zero-order chi connectivity index (χ0) is 72.9. The van der Waals surface area contributed by atoms with Gasteiger partial charge >= 0.3 is 19.8 Å². The van der Waals surface area contributed by atoms with E-state index in [0.717, 1.165) is 89.9 Å². The Morgan fingerprint density at radius 3 is 0.812 bits per heavy atom. The third kappa shape index (κ3) is 85.7. The third-order valence-corrected chi connectivity index (χ3v) is 20.5. The summed E-state index contributed by atoms with van der Waals surface area (Å²) in [5.41, 5.74) is 5.42. The van der Waals surface area contributed by atoms with Gasteiger partial charge in [-0.15, -0.1) is 0 Å². The number of esters is 2. The Morgan fingerprint density at radius 2 is 0.545 bits per heavy atom. The van der Waals surface area contributed by atoms with Crippen molar-refractivity contribution in [1.82, 2.24) is 0 Å². The van der Waals surface area contributed by atoms with Crippen molar-refractivity contribution in [1.29, 1.82) is 0 Å². The van der Waals surface area contributed by atoms with Crippen LogP contribution in [0.1, 0.15) is 438 Å². The number of allylic oxidation sites excluding steroid dienone is 16. The lowest BCUT2D eigenvalue weighted by Crippen LogP contribution is -2.29. The lowest BCUT2D eigenvalue weighted by atomic mass is 10.0. The largest absolute Gasteiger partial charge is 0.472 e. The second kappa shape index (κ2) is 85.9. The molecular formula is C91H166NO8P. The number of unbranched alkanes of at least 4 members (excludes halogenated alkanes) is 54. The standard InChI is InChI=1S/C91H166NO8P/c1-3-5-7-9-11-13-15-17-19-21-23-25-27-29-31-33-35-37-39-41-43-44-46-47-49-51-53-55-57-59-61-63-65-67-69-71-73-75-77-79-81-83-90(93)97-87-89(88-99-101(95,96)98-86-85-92)100-91(94)84-82-80-78-76-74-72-70-68-66-64-62-60-58-56-54-52-50-48-45-42-40-38-36-34-32-30-28-26-24-22-20-18-16-14-12-10-8-6-4-2/h6,8,12,14,18,20,24,26,30,32,36,38,42,45,50,52,89H,3-5,7,9-11,13,15-17,19,21-23,25,27-29,31,33-35,37,39-41,43-44,46-49,51,53-88,92H2,1-2H3,(H,95,96)/b8-6-,14-12-,20-18-,26-24-,32-30-,38-36-,45-42-,52-50-. The minimum Gasteiger partial charge on any atom is -0.462 e. The molecule has 10 heteroatoms. The van der Waals surface area contributed by atoms with Gasteiger partial charge in [0.05, 0.1) is 13.2 Å². The molecule has 101 heavy (non-hydrogen) atoms. The van der Waals surface area contributed by atoms with Crippen LogP contribution < -0.4 is 5.73 Å². The molecule has 2 unspecified atom stereocenters. The summed E-state index contributed by atoms with van der Waals surface area (Å²) >= 11 is 0. The van der Waals surface area contributed by atoms with Crippen molar-refractivity contribution in [2.45, 2.75) is 444 Å². The van der Waals surface area contributed by atoms with Gasteiger partial charge in [0.25, 0.3) is 0 Å². The van der Waals surface area contributed by atoms with Gasteiger partial charge in [0.15, 0.2) is 6.10 Å². The van der Waals surface area contributed by atoms with Gasteiger partial charge in [0, 0.05) is 19.4 Å². The van der Waals surface area contributed by atoms with Gasteiger partial charge in [-0.3, -0.25) is 18.6 Å². The Kier molecular flexibility index (Phi) is 83.2. The maximum Gasteiger partial charge on any atom is 0.472 e. The van der Waals surface area contributed by atoms with Crippen LogP contribution in [0.15, 0.2) is 97.2 Å². The van der Waals surface area contributed by atoms with Crippen LogP contribution >= 0.6 is 7.82 Å². The Labute approximate surface area is 627 Å². The van der Waals surface area contributed by atoms with E-state index in [4.69, 9.17) is 24.3 Å². The number of nitrogens with two attached hydrogens (primary N) is 1. The van der Waals surface area contributed by atoms with Crippen LogP contribution in [-0.2, 0) is 32.7 Å². The molecule has 0 aromatic heterocycles. The summed E-state index contributed by atoms with van der Waals surface area (Å²) in [5.74, 6) is -0.811. The highest BCUT2D eigenvalue weighted by atomic mass is 31.2. The third-order valence-electron chi connectivity index (χ3n) is 19.5. The molecular weight excluding hydrogens is 1270 g/mol. The van der Waals surface area contributed by atoms with Crippen molar-refractivity contribution >= 4 is 19.8 Å². The van der Waals surface area contributed by atoms with E-state index in [9.17, 15) is 19.0 Å². The molecule has 0 aliphatic heterocycles. The molecule has 0 aromatic rings. The van der Waals surface area contributed by atoms with Crippen molar-refractivity contribution in [3.8, 4) is 0 Å². The Balaban J connectivity index is 3.76. The minimum atomic E-state index is -4.40. The molecule has 0 aromatic carbocycles. The fourth-order valence-electron chi connectivity index (χ4n) is 13.1. The Morgan fingerprint density at radius 1 is 0.307 bits per heavy atom. The highest BCUT2D eigenvalue weighted by Crippen LogP contribution is 2.43. The lowest BCUT2D eigenvalue weighted by molar-refractivity contribution is -0.161. The second-order valence-corrected chi connectivity index (χ2v) is 30.8. The van der Waals surface area contributed by atoms with Crippen molar-refractivity contribution in [3.63, 3.8) is 0 Å². The molecule has 0 rings (SSSR count). The molecule has 2 atom stereocenters. The van der Waals surface area contributed by atoms with Gasteiger partial charge in [-0.1, -0.05) is 445 Å². The van der Waals surface area contributed by atoms with Gasteiger partial charge in [0.2, 0.25) is 0 Å². The number of carbonyl (C=O) groups excluding carboxylic acids is 2. The molecule has 9 nitrogen and oxygen atoms in total. The number of hydrogen-bond donors (Lipinski definition) is 2. The van der Waals surface area contributed by atoms with Crippen molar-refractivity contribution in [2.75, 3.05) is 26.4 Å². The van der Waals surface area contributed by atoms with Gasteiger partial charge in [-0.2, -0.15) is 0 Å². The maximum atomic E-state index is 12.8. The van der Waals surface area contributed by atoms with Crippen LogP contribution in [0.4, 0.5) is 0 Å². The number of phosphoric ester groups is 1. The zero-order valence-corrected chi connectivity index (χ0v) is 67.5. The van der Waals surface area contributed by atoms with E-state index in [1.807, 2.05) is 0 Å². The number of phosphoric acid groups is 1. The van der Waals surface area contributed by atoms with Crippen molar-refractivity contribution < 1.29 is 37.6 Å². The molecule has 0 spiro atoms. The van der Waals surface area contributed by atoms with E-state index in [-0.39, 0.29) is 38.6 Å². The minimum absolute atomic E-state index is 0.0526. The van der Waals surface area contributed by atoms with E-state index < -0.39 is 26.5 Å². The van der Waals surface area contributed by atoms with Crippen LogP contribution in [-0.4, -0.2) is 49.3 Å². The first kappa shape index (κ1) is 97.9. The van der Waals surface area contributed by atoms with Crippen LogP contribution in [0.5, 0.6) is 0 Å². The molecule has 0 radical (unpaired) electrons. The Bertz CT molecular complexity index is 1990. The van der Waals surface area contributed by atoms with Crippen molar-refractivity contribution in [2.24, 2.45) is 5.73 Å². The van der Waals surface area contributed by atoms with Crippen LogP contribution in [0.2, 0.25) is 0 Å². The highest BCUT2D eigenvalue weighted by molar-refractivity contribution is 7.47. The molecule has 0 saturated heterocycles. The van der Waals surface area contributed by atoms with Gasteiger partial charge < -0.3 is 20.1 Å². The van der Waals surface area contributed by atoms with Crippen LogP contribution in [0.3, 0.4) is 0 Å². The first-order valence-electron chi connectivity index (χ1n) is 43.7. The summed E-state index contributed by atoms with van der Waals surface area (Å²) in [6, 6.07) is 0. The predicted molar refractivity (Wildman–Crippen MR) is 441 cm³/mol. The normalized spacial score (nSPS) is 13.3. The molecule has 588 valence electrons. The molecule has 0 aliphatic rings. The molecule has 0 aliphatic carbocycles. The monoisotopic (exact) mass is 1430 g/mol. The van der Waals surface area contributed by atoms with E-state index >= 15 is 0 Å². The number of carbonyl (C=O) groups is 2. The average Bonchev–Trinajstić information content (AvgIpc) is 1.01. The van der Waals surface area contributed by atoms with Gasteiger partial charge in [-0.05, 0) is 77.0 Å². The van der Waals surface area contributed by atoms with E-state index in [2.05, 4.69) is 111 Å². The smallest absolute Gasteiger partial charge is 0.462 e. The summed E-state index contributed by atoms with van der Waals surface area (Å²) in [6.45, 7) is 3.70.